The van der Waals surface area contributed by atoms with Crippen LogP contribution in [0, 0.1) is 0 Å². The minimum Gasteiger partial charge on any atom is -0.377 e. The van der Waals surface area contributed by atoms with E-state index in [0.717, 1.165) is 0 Å². The van der Waals surface area contributed by atoms with Gasteiger partial charge >= 0.3 is 0 Å². The predicted molar refractivity (Wildman–Crippen MR) is 45.4 cm³/mol. The van der Waals surface area contributed by atoms with E-state index in [-0.39, 0.29) is 0 Å². The molecule has 5 heteroatoms. The second kappa shape index (κ2) is 2.76. The van der Waals surface area contributed by atoms with E-state index in [2.05, 4.69) is 0 Å². The topological polar surface area (TPSA) is 65.0 Å². The van der Waals surface area contributed by atoms with Gasteiger partial charge in [-0.1, -0.05) is 0 Å². The summed E-state index contributed by atoms with van der Waals surface area (Å²) in [5.74, 6) is -0.813. The SMILES string of the molecule is C[C@@H]1O[C@@H]2OC(C)(C)O[C@@H]2[C@@]1(O)C=O. The van der Waals surface area contributed by atoms with E-state index in [9.17, 15) is 9.90 Å². The maximum atomic E-state index is 10.8. The molecular formula is C9H14O5. The molecule has 1 N–H and O–H groups in total. The highest BCUT2D eigenvalue weighted by molar-refractivity contribution is 5.65. The molecule has 4 atom stereocenters. The molecule has 0 aromatic heterocycles. The summed E-state index contributed by atoms with van der Waals surface area (Å²) in [5.41, 5.74) is -1.60. The second-order valence-electron chi connectivity index (χ2n) is 4.21. The first kappa shape index (κ1) is 10.0. The third-order valence-corrected chi connectivity index (χ3v) is 2.69. The third kappa shape index (κ3) is 1.20. The molecule has 2 fully saturated rings. The molecule has 0 unspecified atom stereocenters. The molecular weight excluding hydrogens is 188 g/mol. The third-order valence-electron chi connectivity index (χ3n) is 2.69. The molecule has 5 nitrogen and oxygen atoms in total. The molecule has 2 aliphatic heterocycles. The van der Waals surface area contributed by atoms with E-state index in [1.165, 1.54) is 0 Å². The molecule has 0 spiro atoms. The Bertz CT molecular complexity index is 264. The van der Waals surface area contributed by atoms with Gasteiger partial charge in [0.25, 0.3) is 0 Å². The Morgan fingerprint density at radius 1 is 1.36 bits per heavy atom. The summed E-state index contributed by atoms with van der Waals surface area (Å²) in [5, 5.41) is 9.97. The molecule has 0 aromatic carbocycles. The van der Waals surface area contributed by atoms with Crippen LogP contribution in [0.1, 0.15) is 20.8 Å². The number of rotatable bonds is 1. The number of ether oxygens (including phenoxy) is 3. The summed E-state index contributed by atoms with van der Waals surface area (Å²) >= 11 is 0. The molecule has 0 aliphatic carbocycles. The van der Waals surface area contributed by atoms with E-state index in [1.54, 1.807) is 20.8 Å². The summed E-state index contributed by atoms with van der Waals surface area (Å²) in [6, 6.07) is 0. The van der Waals surface area contributed by atoms with Crippen LogP contribution in [0.5, 0.6) is 0 Å². The summed E-state index contributed by atoms with van der Waals surface area (Å²) in [6.07, 6.45) is -1.53. The fourth-order valence-electron chi connectivity index (χ4n) is 1.85. The number of fused-ring (bicyclic) bond motifs is 1. The first-order valence-corrected chi connectivity index (χ1v) is 4.59. The number of carbonyl (C=O) groups excluding carboxylic acids is 1. The van der Waals surface area contributed by atoms with Gasteiger partial charge in [-0.05, 0) is 20.8 Å². The highest BCUT2D eigenvalue weighted by Crippen LogP contribution is 2.41. The number of carbonyl (C=O) groups is 1. The van der Waals surface area contributed by atoms with Crippen LogP contribution in [0.3, 0.4) is 0 Å². The Hall–Kier alpha value is -0.490. The molecule has 2 heterocycles. The van der Waals surface area contributed by atoms with Crippen molar-refractivity contribution >= 4 is 6.29 Å². The Balaban J connectivity index is 2.26. The zero-order chi connectivity index (χ0) is 10.6. The van der Waals surface area contributed by atoms with Gasteiger partial charge in [0.1, 0.15) is 6.10 Å². The summed E-state index contributed by atoms with van der Waals surface area (Å²) in [4.78, 5) is 10.8. The number of hydrogen-bond donors (Lipinski definition) is 1. The molecule has 0 aromatic rings. The van der Waals surface area contributed by atoms with E-state index in [0.29, 0.717) is 6.29 Å². The van der Waals surface area contributed by atoms with Crippen LogP contribution < -0.4 is 0 Å². The van der Waals surface area contributed by atoms with Crippen LogP contribution in [0.25, 0.3) is 0 Å². The van der Waals surface area contributed by atoms with Crippen LogP contribution in [-0.2, 0) is 19.0 Å². The average molecular weight is 202 g/mol. The van der Waals surface area contributed by atoms with Crippen LogP contribution in [0.15, 0.2) is 0 Å². The highest BCUT2D eigenvalue weighted by Gasteiger charge is 2.61. The Labute approximate surface area is 81.9 Å². The monoisotopic (exact) mass is 202 g/mol. The van der Waals surface area contributed by atoms with Gasteiger partial charge in [-0.2, -0.15) is 0 Å². The lowest BCUT2D eigenvalue weighted by atomic mass is 9.95. The maximum Gasteiger partial charge on any atom is 0.191 e. The molecule has 0 amide bonds. The van der Waals surface area contributed by atoms with Crippen molar-refractivity contribution in [2.75, 3.05) is 0 Å². The van der Waals surface area contributed by atoms with Crippen molar-refractivity contribution in [3.63, 3.8) is 0 Å². The van der Waals surface area contributed by atoms with Gasteiger partial charge in [0.15, 0.2) is 24.0 Å². The van der Waals surface area contributed by atoms with Crippen molar-refractivity contribution < 1.29 is 24.1 Å². The van der Waals surface area contributed by atoms with Crippen molar-refractivity contribution in [1.29, 1.82) is 0 Å². The summed E-state index contributed by atoms with van der Waals surface area (Å²) < 4.78 is 16.1. The lowest BCUT2D eigenvalue weighted by molar-refractivity contribution is -0.222. The number of aliphatic hydroxyl groups is 1. The van der Waals surface area contributed by atoms with Gasteiger partial charge in [-0.25, -0.2) is 0 Å². The van der Waals surface area contributed by atoms with Crippen LogP contribution >= 0.6 is 0 Å². The van der Waals surface area contributed by atoms with Gasteiger partial charge in [-0.15, -0.1) is 0 Å². The maximum absolute atomic E-state index is 10.8. The zero-order valence-corrected chi connectivity index (χ0v) is 8.39. The fourth-order valence-corrected chi connectivity index (χ4v) is 1.85. The van der Waals surface area contributed by atoms with E-state index >= 15 is 0 Å². The second-order valence-corrected chi connectivity index (χ2v) is 4.21. The molecule has 2 aliphatic rings. The zero-order valence-electron chi connectivity index (χ0n) is 8.39. The van der Waals surface area contributed by atoms with E-state index in [1.807, 2.05) is 0 Å². The van der Waals surface area contributed by atoms with Gasteiger partial charge in [0.05, 0.1) is 6.10 Å². The number of hydrogen-bond acceptors (Lipinski definition) is 5. The summed E-state index contributed by atoms with van der Waals surface area (Å²) in [6.45, 7) is 5.04. The minimum atomic E-state index is -1.60. The van der Waals surface area contributed by atoms with E-state index in [4.69, 9.17) is 14.2 Å². The molecule has 0 bridgehead atoms. The highest BCUT2D eigenvalue weighted by atomic mass is 16.8. The average Bonchev–Trinajstić information content (AvgIpc) is 2.48. The first-order chi connectivity index (χ1) is 6.39. The molecule has 2 saturated heterocycles. The minimum absolute atomic E-state index is 0.465. The van der Waals surface area contributed by atoms with Crippen molar-refractivity contribution in [3.8, 4) is 0 Å². The molecule has 80 valence electrons. The Kier molecular flexibility index (Phi) is 1.98. The normalized spacial score (nSPS) is 50.4. The van der Waals surface area contributed by atoms with Crippen LogP contribution in [0.4, 0.5) is 0 Å². The Morgan fingerprint density at radius 2 is 2.00 bits per heavy atom. The van der Waals surface area contributed by atoms with Crippen molar-refractivity contribution in [2.45, 2.75) is 50.7 Å². The lowest BCUT2D eigenvalue weighted by Gasteiger charge is -2.26. The molecule has 0 saturated carbocycles. The van der Waals surface area contributed by atoms with E-state index < -0.39 is 29.9 Å². The first-order valence-electron chi connectivity index (χ1n) is 4.59. The molecule has 0 radical (unpaired) electrons. The van der Waals surface area contributed by atoms with Gasteiger partial charge in [-0.3, -0.25) is 4.79 Å². The van der Waals surface area contributed by atoms with Gasteiger partial charge < -0.3 is 19.3 Å². The quantitative estimate of drug-likeness (QED) is 0.597. The largest absolute Gasteiger partial charge is 0.377 e. The van der Waals surface area contributed by atoms with Crippen molar-refractivity contribution in [2.24, 2.45) is 0 Å². The standard InChI is InChI=1S/C9H14O5/c1-5-9(11,4-10)6-7(12-5)14-8(2,3)13-6/h4-7,11H,1-3H3/t5-,6-,7+,9+/m0/s1. The van der Waals surface area contributed by atoms with Crippen LogP contribution in [-0.4, -0.2) is 41.3 Å². The Morgan fingerprint density at radius 3 is 2.57 bits per heavy atom. The fraction of sp³-hybridized carbons (Fsp3) is 0.889. The molecule has 14 heavy (non-hydrogen) atoms. The molecule has 2 rings (SSSR count). The predicted octanol–water partition coefficient (Wildman–Crippen LogP) is -0.187. The number of aldehydes is 1. The van der Waals surface area contributed by atoms with Crippen LogP contribution in [0.2, 0.25) is 0 Å². The van der Waals surface area contributed by atoms with Crippen molar-refractivity contribution in [3.05, 3.63) is 0 Å². The lowest BCUT2D eigenvalue weighted by Crippen LogP contribution is -2.49. The summed E-state index contributed by atoms with van der Waals surface area (Å²) in [7, 11) is 0. The smallest absolute Gasteiger partial charge is 0.191 e. The van der Waals surface area contributed by atoms with Gasteiger partial charge in [0, 0.05) is 0 Å². The van der Waals surface area contributed by atoms with Crippen molar-refractivity contribution in [1.82, 2.24) is 0 Å². The van der Waals surface area contributed by atoms with Gasteiger partial charge in [0.2, 0.25) is 0 Å².